The molecule has 0 saturated heterocycles. The van der Waals surface area contributed by atoms with Gasteiger partial charge in [-0.05, 0) is 13.0 Å². The first-order valence-corrected chi connectivity index (χ1v) is 4.43. The first-order valence-electron chi connectivity index (χ1n) is 4.43. The summed E-state index contributed by atoms with van der Waals surface area (Å²) in [6.07, 6.45) is 3.25. The zero-order valence-electron chi connectivity index (χ0n) is 8.15. The molecule has 5 nitrogen and oxygen atoms in total. The van der Waals surface area contributed by atoms with Gasteiger partial charge in [0.15, 0.2) is 0 Å². The smallest absolute Gasteiger partial charge is 0.135 e. The van der Waals surface area contributed by atoms with Gasteiger partial charge < -0.3 is 5.32 Å². The van der Waals surface area contributed by atoms with E-state index in [0.717, 1.165) is 11.4 Å². The zero-order valence-corrected chi connectivity index (χ0v) is 8.15. The molecule has 0 radical (unpaired) electrons. The van der Waals surface area contributed by atoms with E-state index in [1.165, 1.54) is 0 Å². The second-order valence-electron chi connectivity index (χ2n) is 3.04. The van der Waals surface area contributed by atoms with E-state index in [4.69, 9.17) is 5.26 Å². The van der Waals surface area contributed by atoms with E-state index in [-0.39, 0.29) is 0 Å². The topological polar surface area (TPSA) is 77.4 Å². The van der Waals surface area contributed by atoms with Gasteiger partial charge in [-0.25, -0.2) is 4.98 Å². The number of hydrogen-bond acceptors (Lipinski definition) is 4. The van der Waals surface area contributed by atoms with E-state index >= 15 is 0 Å². The fourth-order valence-electron chi connectivity index (χ4n) is 1.24. The third-order valence-electron chi connectivity index (χ3n) is 2.08. The number of nitriles is 1. The van der Waals surface area contributed by atoms with Crippen molar-refractivity contribution in [2.24, 2.45) is 0 Å². The van der Waals surface area contributed by atoms with Crippen LogP contribution in [0.1, 0.15) is 11.1 Å². The Hall–Kier alpha value is -2.35. The van der Waals surface area contributed by atoms with Gasteiger partial charge in [0.1, 0.15) is 11.6 Å². The van der Waals surface area contributed by atoms with Gasteiger partial charge >= 0.3 is 0 Å². The lowest BCUT2D eigenvalue weighted by Gasteiger charge is -2.06. The average molecular weight is 199 g/mol. The van der Waals surface area contributed by atoms with E-state index in [1.54, 1.807) is 24.5 Å². The first-order chi connectivity index (χ1) is 7.31. The highest BCUT2D eigenvalue weighted by Crippen LogP contribution is 2.18. The van der Waals surface area contributed by atoms with Crippen molar-refractivity contribution < 1.29 is 0 Å². The molecule has 0 unspecified atom stereocenters. The molecular weight excluding hydrogens is 190 g/mol. The third-order valence-corrected chi connectivity index (χ3v) is 2.08. The Morgan fingerprint density at radius 1 is 1.40 bits per heavy atom. The average Bonchev–Trinajstić information content (AvgIpc) is 2.74. The molecule has 74 valence electrons. The maximum absolute atomic E-state index is 8.84. The molecule has 0 saturated carbocycles. The number of pyridine rings is 1. The lowest BCUT2D eigenvalue weighted by molar-refractivity contribution is 1.09. The molecule has 2 aromatic heterocycles. The number of aromatic amines is 1. The number of aromatic nitrogens is 3. The Bertz CT molecular complexity index is 495. The Balaban J connectivity index is 2.34. The number of anilines is 2. The van der Waals surface area contributed by atoms with Gasteiger partial charge in [-0.2, -0.15) is 10.4 Å². The molecule has 2 heterocycles. The summed E-state index contributed by atoms with van der Waals surface area (Å²) in [5, 5.41) is 18.5. The van der Waals surface area contributed by atoms with Crippen molar-refractivity contribution in [2.75, 3.05) is 5.32 Å². The van der Waals surface area contributed by atoms with Gasteiger partial charge in [0, 0.05) is 17.8 Å². The third kappa shape index (κ3) is 1.79. The summed E-state index contributed by atoms with van der Waals surface area (Å²) in [6, 6.07) is 5.59. The SMILES string of the molecule is Cc1c(C#N)ccnc1Nc1ccn[nH]1. The first kappa shape index (κ1) is 9.21. The second kappa shape index (κ2) is 3.80. The van der Waals surface area contributed by atoms with E-state index < -0.39 is 0 Å². The molecule has 0 spiro atoms. The van der Waals surface area contributed by atoms with Gasteiger partial charge in [-0.3, -0.25) is 5.10 Å². The fourth-order valence-corrected chi connectivity index (χ4v) is 1.24. The Morgan fingerprint density at radius 3 is 2.93 bits per heavy atom. The van der Waals surface area contributed by atoms with E-state index in [0.29, 0.717) is 11.4 Å². The molecule has 15 heavy (non-hydrogen) atoms. The van der Waals surface area contributed by atoms with Crippen molar-refractivity contribution in [1.82, 2.24) is 15.2 Å². The lowest BCUT2D eigenvalue weighted by Crippen LogP contribution is -1.98. The van der Waals surface area contributed by atoms with Crippen LogP contribution in [0, 0.1) is 18.3 Å². The number of H-pyrrole nitrogens is 1. The van der Waals surface area contributed by atoms with Crippen LogP contribution in [-0.4, -0.2) is 15.2 Å². The minimum Gasteiger partial charge on any atom is -0.325 e. The van der Waals surface area contributed by atoms with Crippen molar-refractivity contribution in [1.29, 1.82) is 5.26 Å². The van der Waals surface area contributed by atoms with Crippen molar-refractivity contribution >= 4 is 11.6 Å². The Labute approximate surface area is 86.8 Å². The van der Waals surface area contributed by atoms with E-state index in [1.807, 2.05) is 6.92 Å². The summed E-state index contributed by atoms with van der Waals surface area (Å²) in [5.74, 6) is 1.42. The van der Waals surface area contributed by atoms with Crippen LogP contribution in [0.2, 0.25) is 0 Å². The molecule has 0 amide bonds. The van der Waals surface area contributed by atoms with Crippen LogP contribution in [0.5, 0.6) is 0 Å². The Morgan fingerprint density at radius 2 is 2.27 bits per heavy atom. The molecule has 2 aromatic rings. The summed E-state index contributed by atoms with van der Waals surface area (Å²) in [4.78, 5) is 4.15. The Kier molecular flexibility index (Phi) is 2.33. The van der Waals surface area contributed by atoms with E-state index in [2.05, 4.69) is 26.6 Å². The van der Waals surface area contributed by atoms with Gasteiger partial charge in [-0.15, -0.1) is 0 Å². The fraction of sp³-hybridized carbons (Fsp3) is 0.100. The van der Waals surface area contributed by atoms with Crippen molar-refractivity contribution in [2.45, 2.75) is 6.92 Å². The van der Waals surface area contributed by atoms with Crippen LogP contribution in [0.3, 0.4) is 0 Å². The molecule has 0 bridgehead atoms. The molecular formula is C10H9N5. The molecule has 0 aliphatic carbocycles. The molecule has 2 rings (SSSR count). The molecule has 0 aromatic carbocycles. The molecule has 5 heteroatoms. The van der Waals surface area contributed by atoms with Gasteiger partial charge in [-0.1, -0.05) is 0 Å². The van der Waals surface area contributed by atoms with Crippen LogP contribution in [0.15, 0.2) is 24.5 Å². The van der Waals surface area contributed by atoms with Crippen molar-refractivity contribution in [3.63, 3.8) is 0 Å². The second-order valence-corrected chi connectivity index (χ2v) is 3.04. The molecule has 0 aliphatic rings. The largest absolute Gasteiger partial charge is 0.325 e. The summed E-state index contributed by atoms with van der Waals surface area (Å²) < 4.78 is 0. The molecule has 2 N–H and O–H groups in total. The predicted octanol–water partition coefficient (Wildman–Crippen LogP) is 1.73. The van der Waals surface area contributed by atoms with Gasteiger partial charge in [0.05, 0.1) is 17.8 Å². The van der Waals surface area contributed by atoms with Crippen LogP contribution < -0.4 is 5.32 Å². The van der Waals surface area contributed by atoms with Crippen molar-refractivity contribution in [3.05, 3.63) is 35.7 Å². The standard InChI is InChI=1S/C10H9N5/c1-7-8(6-11)2-4-12-10(7)14-9-3-5-13-15-9/h2-5H,1H3,(H2,12,13,14,15). The number of hydrogen-bond donors (Lipinski definition) is 2. The predicted molar refractivity (Wildman–Crippen MR) is 55.6 cm³/mol. The minimum atomic E-state index is 0.618. The lowest BCUT2D eigenvalue weighted by atomic mass is 10.1. The maximum Gasteiger partial charge on any atom is 0.135 e. The molecule has 0 aliphatic heterocycles. The normalized spacial score (nSPS) is 9.60. The monoisotopic (exact) mass is 199 g/mol. The van der Waals surface area contributed by atoms with Gasteiger partial charge in [0.2, 0.25) is 0 Å². The van der Waals surface area contributed by atoms with Crippen LogP contribution >= 0.6 is 0 Å². The number of rotatable bonds is 2. The van der Waals surface area contributed by atoms with Crippen LogP contribution in [0.4, 0.5) is 11.6 Å². The highest BCUT2D eigenvalue weighted by atomic mass is 15.2. The minimum absolute atomic E-state index is 0.618. The maximum atomic E-state index is 8.84. The summed E-state index contributed by atoms with van der Waals surface area (Å²) >= 11 is 0. The van der Waals surface area contributed by atoms with E-state index in [9.17, 15) is 0 Å². The molecule has 0 atom stereocenters. The highest BCUT2D eigenvalue weighted by Gasteiger charge is 2.05. The van der Waals surface area contributed by atoms with Crippen LogP contribution in [-0.2, 0) is 0 Å². The summed E-state index contributed by atoms with van der Waals surface area (Å²) in [5.41, 5.74) is 1.45. The quantitative estimate of drug-likeness (QED) is 0.772. The van der Waals surface area contributed by atoms with Crippen molar-refractivity contribution in [3.8, 4) is 6.07 Å². The number of nitrogens with zero attached hydrogens (tertiary/aromatic N) is 3. The number of nitrogens with one attached hydrogen (secondary N) is 2. The highest BCUT2D eigenvalue weighted by molar-refractivity contribution is 5.58. The summed E-state index contributed by atoms with van der Waals surface area (Å²) in [6.45, 7) is 1.85. The molecule has 0 fully saturated rings. The van der Waals surface area contributed by atoms with Crippen LogP contribution in [0.25, 0.3) is 0 Å². The van der Waals surface area contributed by atoms with Gasteiger partial charge in [0.25, 0.3) is 0 Å². The summed E-state index contributed by atoms with van der Waals surface area (Å²) in [7, 11) is 0. The zero-order chi connectivity index (χ0) is 10.7.